The molecule has 2 aromatic rings. The summed E-state index contributed by atoms with van der Waals surface area (Å²) in [5.74, 6) is 0.0357. The third kappa shape index (κ3) is 3.01. The highest BCUT2D eigenvalue weighted by Crippen LogP contribution is 2.36. The van der Waals surface area contributed by atoms with Crippen molar-refractivity contribution in [1.29, 1.82) is 0 Å². The van der Waals surface area contributed by atoms with Gasteiger partial charge in [-0.1, -0.05) is 18.2 Å². The first kappa shape index (κ1) is 15.0. The molecule has 23 heavy (non-hydrogen) atoms. The average Bonchev–Trinajstić information content (AvgIpc) is 3.00. The summed E-state index contributed by atoms with van der Waals surface area (Å²) in [5, 5.41) is 0. The largest absolute Gasteiger partial charge is 0.454 e. The number of carbonyl (C=O) groups excluding carboxylic acids is 1. The topological polar surface area (TPSA) is 59.6 Å². The van der Waals surface area contributed by atoms with Gasteiger partial charge in [0.1, 0.15) is 0 Å². The molecule has 0 fully saturated rings. The zero-order valence-corrected chi connectivity index (χ0v) is 11.6. The van der Waals surface area contributed by atoms with Crippen LogP contribution in [0.1, 0.15) is 15.9 Å². The Kier molecular flexibility index (Phi) is 3.73. The second kappa shape index (κ2) is 5.71. The van der Waals surface area contributed by atoms with E-state index < -0.39 is 17.6 Å². The van der Waals surface area contributed by atoms with E-state index in [-0.39, 0.29) is 23.8 Å². The summed E-state index contributed by atoms with van der Waals surface area (Å²) in [6, 6.07) is 9.55. The summed E-state index contributed by atoms with van der Waals surface area (Å²) >= 11 is 0. The monoisotopic (exact) mass is 324 g/mol. The highest BCUT2D eigenvalue weighted by atomic mass is 19.4. The van der Waals surface area contributed by atoms with Crippen molar-refractivity contribution >= 4 is 11.6 Å². The SMILES string of the molecule is O=C(NNc1ccccc1C(F)(F)F)c1cccc2c1OCO2. The van der Waals surface area contributed by atoms with Gasteiger partial charge >= 0.3 is 6.18 Å². The van der Waals surface area contributed by atoms with Gasteiger partial charge in [-0.15, -0.1) is 0 Å². The summed E-state index contributed by atoms with van der Waals surface area (Å²) in [6.45, 7) is -0.00996. The molecule has 0 saturated carbocycles. The minimum absolute atomic E-state index is 0.00996. The van der Waals surface area contributed by atoms with Crippen molar-refractivity contribution in [2.24, 2.45) is 0 Å². The summed E-state index contributed by atoms with van der Waals surface area (Å²) in [7, 11) is 0. The summed E-state index contributed by atoms with van der Waals surface area (Å²) in [4.78, 5) is 12.1. The first-order chi connectivity index (χ1) is 11.0. The fourth-order valence-electron chi connectivity index (χ4n) is 2.14. The zero-order chi connectivity index (χ0) is 16.4. The van der Waals surface area contributed by atoms with Crippen LogP contribution >= 0.6 is 0 Å². The van der Waals surface area contributed by atoms with Crippen LogP contribution in [0.5, 0.6) is 11.5 Å². The molecular weight excluding hydrogens is 313 g/mol. The summed E-state index contributed by atoms with van der Waals surface area (Å²) < 4.78 is 49.0. The van der Waals surface area contributed by atoms with Crippen molar-refractivity contribution in [3.05, 3.63) is 53.6 Å². The van der Waals surface area contributed by atoms with Gasteiger partial charge in [0.25, 0.3) is 5.91 Å². The number of ether oxygens (including phenoxy) is 2. The molecule has 1 amide bonds. The summed E-state index contributed by atoms with van der Waals surface area (Å²) in [5.41, 5.74) is 3.56. The smallest absolute Gasteiger partial charge is 0.418 e. The number of halogens is 3. The molecule has 120 valence electrons. The van der Waals surface area contributed by atoms with Gasteiger partial charge in [-0.3, -0.25) is 15.6 Å². The van der Waals surface area contributed by atoms with Gasteiger partial charge in [0.05, 0.1) is 16.8 Å². The molecule has 0 bridgehead atoms. The number of hydrogen-bond acceptors (Lipinski definition) is 4. The highest BCUT2D eigenvalue weighted by molar-refractivity contribution is 5.98. The number of hydrogen-bond donors (Lipinski definition) is 2. The van der Waals surface area contributed by atoms with Crippen LogP contribution in [0.25, 0.3) is 0 Å². The number of alkyl halides is 3. The molecule has 8 heteroatoms. The molecule has 2 N–H and O–H groups in total. The van der Waals surface area contributed by atoms with Crippen LogP contribution in [-0.4, -0.2) is 12.7 Å². The lowest BCUT2D eigenvalue weighted by Gasteiger charge is -2.15. The molecule has 0 aliphatic carbocycles. The molecular formula is C15H11F3N2O3. The van der Waals surface area contributed by atoms with Crippen LogP contribution in [0.4, 0.5) is 18.9 Å². The number of carbonyl (C=O) groups is 1. The van der Waals surface area contributed by atoms with E-state index in [0.29, 0.717) is 5.75 Å². The van der Waals surface area contributed by atoms with E-state index in [9.17, 15) is 18.0 Å². The molecule has 0 saturated heterocycles. The quantitative estimate of drug-likeness (QED) is 0.851. The number of amides is 1. The number of para-hydroxylation sites is 2. The van der Waals surface area contributed by atoms with Gasteiger partial charge in [-0.05, 0) is 24.3 Å². The molecule has 1 aliphatic heterocycles. The Hall–Kier alpha value is -2.90. The van der Waals surface area contributed by atoms with Crippen LogP contribution in [0.2, 0.25) is 0 Å². The molecule has 0 unspecified atom stereocenters. The lowest BCUT2D eigenvalue weighted by molar-refractivity contribution is -0.137. The van der Waals surface area contributed by atoms with E-state index in [1.54, 1.807) is 12.1 Å². The van der Waals surface area contributed by atoms with E-state index in [2.05, 4.69) is 10.9 Å². The van der Waals surface area contributed by atoms with Crippen molar-refractivity contribution in [2.75, 3.05) is 12.2 Å². The molecule has 1 aliphatic rings. The van der Waals surface area contributed by atoms with E-state index in [1.165, 1.54) is 24.3 Å². The van der Waals surface area contributed by atoms with Gasteiger partial charge in [0.2, 0.25) is 6.79 Å². The zero-order valence-electron chi connectivity index (χ0n) is 11.6. The molecule has 1 heterocycles. The molecule has 3 rings (SSSR count). The first-order valence-electron chi connectivity index (χ1n) is 6.58. The number of benzene rings is 2. The Morgan fingerprint density at radius 2 is 1.83 bits per heavy atom. The van der Waals surface area contributed by atoms with E-state index in [4.69, 9.17) is 9.47 Å². The number of rotatable bonds is 3. The Labute approximate surface area is 129 Å². The molecule has 0 spiro atoms. The first-order valence-corrected chi connectivity index (χ1v) is 6.58. The third-order valence-corrected chi connectivity index (χ3v) is 3.18. The van der Waals surface area contributed by atoms with E-state index in [1.807, 2.05) is 0 Å². The molecule has 2 aromatic carbocycles. The van der Waals surface area contributed by atoms with Gasteiger partial charge < -0.3 is 9.47 Å². The van der Waals surface area contributed by atoms with Crippen LogP contribution in [0.15, 0.2) is 42.5 Å². The fourth-order valence-corrected chi connectivity index (χ4v) is 2.14. The van der Waals surface area contributed by atoms with Crippen molar-refractivity contribution < 1.29 is 27.4 Å². The predicted octanol–water partition coefficient (Wildman–Crippen LogP) is 3.19. The molecule has 0 atom stereocenters. The minimum Gasteiger partial charge on any atom is -0.454 e. The number of hydrazine groups is 1. The Morgan fingerprint density at radius 1 is 1.04 bits per heavy atom. The predicted molar refractivity (Wildman–Crippen MR) is 75.1 cm³/mol. The third-order valence-electron chi connectivity index (χ3n) is 3.18. The summed E-state index contributed by atoms with van der Waals surface area (Å²) in [6.07, 6.45) is -4.53. The van der Waals surface area contributed by atoms with Crippen molar-refractivity contribution in [1.82, 2.24) is 5.43 Å². The van der Waals surface area contributed by atoms with Crippen molar-refractivity contribution in [3.63, 3.8) is 0 Å². The molecule has 0 radical (unpaired) electrons. The molecule has 0 aromatic heterocycles. The average molecular weight is 324 g/mol. The number of nitrogens with one attached hydrogen (secondary N) is 2. The Bertz CT molecular complexity index is 747. The molecule has 5 nitrogen and oxygen atoms in total. The van der Waals surface area contributed by atoms with Crippen LogP contribution in [0.3, 0.4) is 0 Å². The second-order valence-corrected chi connectivity index (χ2v) is 4.66. The van der Waals surface area contributed by atoms with Crippen molar-refractivity contribution in [3.8, 4) is 11.5 Å². The van der Waals surface area contributed by atoms with Gasteiger partial charge in [0, 0.05) is 0 Å². The van der Waals surface area contributed by atoms with Gasteiger partial charge in [-0.25, -0.2) is 0 Å². The normalized spacial score (nSPS) is 12.8. The van der Waals surface area contributed by atoms with Crippen LogP contribution < -0.4 is 20.3 Å². The lowest BCUT2D eigenvalue weighted by atomic mass is 10.1. The van der Waals surface area contributed by atoms with Gasteiger partial charge in [0.15, 0.2) is 11.5 Å². The standard InChI is InChI=1S/C15H11F3N2O3/c16-15(17,18)10-5-1-2-6-11(10)19-20-14(21)9-4-3-7-12-13(9)23-8-22-12/h1-7,19H,8H2,(H,20,21). The van der Waals surface area contributed by atoms with Crippen LogP contribution in [-0.2, 0) is 6.18 Å². The maximum absolute atomic E-state index is 12.9. The second-order valence-electron chi connectivity index (χ2n) is 4.66. The van der Waals surface area contributed by atoms with Crippen molar-refractivity contribution in [2.45, 2.75) is 6.18 Å². The van der Waals surface area contributed by atoms with Gasteiger partial charge in [-0.2, -0.15) is 13.2 Å². The maximum atomic E-state index is 12.9. The Morgan fingerprint density at radius 3 is 2.61 bits per heavy atom. The highest BCUT2D eigenvalue weighted by Gasteiger charge is 2.33. The lowest BCUT2D eigenvalue weighted by Crippen LogP contribution is -2.30. The van der Waals surface area contributed by atoms with E-state index in [0.717, 1.165) is 6.07 Å². The van der Waals surface area contributed by atoms with E-state index >= 15 is 0 Å². The van der Waals surface area contributed by atoms with Crippen LogP contribution in [0, 0.1) is 0 Å². The fraction of sp³-hybridized carbons (Fsp3) is 0.133. The minimum atomic E-state index is -4.53. The Balaban J connectivity index is 1.77. The maximum Gasteiger partial charge on any atom is 0.418 e. The number of fused-ring (bicyclic) bond motifs is 1. The number of anilines is 1.